The minimum absolute atomic E-state index is 0.0892. The molecular weight excluding hydrogens is 333 g/mol. The van der Waals surface area contributed by atoms with E-state index in [-0.39, 0.29) is 15.8 Å². The lowest BCUT2D eigenvalue weighted by Crippen LogP contribution is -2.09. The Bertz CT molecular complexity index is 786. The molecule has 0 aliphatic heterocycles. The van der Waals surface area contributed by atoms with E-state index in [1.165, 1.54) is 12.1 Å². The number of hydrogen-bond acceptors (Lipinski definition) is 2. The normalized spacial score (nSPS) is 10.8. The number of hydrogen-bond donors (Lipinski definition) is 1. The third-order valence-corrected chi connectivity index (χ3v) is 3.69. The van der Waals surface area contributed by atoms with E-state index in [0.29, 0.717) is 10.7 Å². The predicted octanol–water partition coefficient (Wildman–Crippen LogP) is 5.35. The van der Waals surface area contributed by atoms with Crippen LogP contribution in [0.1, 0.15) is 10.5 Å². The number of nitrogens with one attached hydrogen (secondary N) is 1. The van der Waals surface area contributed by atoms with Crippen LogP contribution in [0.4, 0.5) is 0 Å². The van der Waals surface area contributed by atoms with E-state index in [1.54, 1.807) is 6.07 Å². The number of rotatable bonds is 2. The lowest BCUT2D eigenvalue weighted by Gasteiger charge is -2.07. The SMILES string of the molecule is O=C(Oc1c(Cl)cc(Cl)cc1Cl)c1cc2ccccc2[nH]1. The first-order valence-electron chi connectivity index (χ1n) is 5.99. The summed E-state index contributed by atoms with van der Waals surface area (Å²) < 4.78 is 5.25. The number of para-hydroxylation sites is 1. The largest absolute Gasteiger partial charge is 0.419 e. The predicted molar refractivity (Wildman–Crippen MR) is 84.7 cm³/mol. The summed E-state index contributed by atoms with van der Waals surface area (Å²) in [6, 6.07) is 12.2. The van der Waals surface area contributed by atoms with Gasteiger partial charge >= 0.3 is 5.97 Å². The second-order valence-electron chi connectivity index (χ2n) is 4.36. The smallest absolute Gasteiger partial charge is 0.360 e. The molecule has 0 aliphatic rings. The summed E-state index contributed by atoms with van der Waals surface area (Å²) in [6.45, 7) is 0. The van der Waals surface area contributed by atoms with E-state index in [0.717, 1.165) is 10.9 Å². The number of H-pyrrole nitrogens is 1. The second kappa shape index (κ2) is 5.60. The molecule has 3 aromatic rings. The molecule has 0 unspecified atom stereocenters. The van der Waals surface area contributed by atoms with Crippen molar-refractivity contribution in [3.05, 3.63) is 63.2 Å². The molecule has 0 fully saturated rings. The standard InChI is InChI=1S/C15H8Cl3NO2/c16-9-6-10(17)14(11(18)7-9)21-15(20)13-5-8-3-1-2-4-12(8)19-13/h1-7,19H. The summed E-state index contributed by atoms with van der Waals surface area (Å²) in [4.78, 5) is 15.1. The van der Waals surface area contributed by atoms with Gasteiger partial charge in [0.1, 0.15) is 5.69 Å². The number of ether oxygens (including phenoxy) is 1. The Kier molecular flexibility index (Phi) is 3.81. The first kappa shape index (κ1) is 14.3. The molecule has 1 heterocycles. The maximum Gasteiger partial charge on any atom is 0.360 e. The Morgan fingerprint density at radius 3 is 2.33 bits per heavy atom. The molecule has 0 bridgehead atoms. The summed E-state index contributed by atoms with van der Waals surface area (Å²) in [5.74, 6) is -0.483. The maximum atomic E-state index is 12.2. The minimum atomic E-state index is -0.572. The van der Waals surface area contributed by atoms with Crippen molar-refractivity contribution in [2.75, 3.05) is 0 Å². The number of aromatic amines is 1. The fourth-order valence-electron chi connectivity index (χ4n) is 1.96. The van der Waals surface area contributed by atoms with Crippen LogP contribution in [0, 0.1) is 0 Å². The number of carbonyl (C=O) groups is 1. The Morgan fingerprint density at radius 1 is 1.00 bits per heavy atom. The van der Waals surface area contributed by atoms with E-state index < -0.39 is 5.97 Å². The Labute approximate surface area is 135 Å². The topological polar surface area (TPSA) is 42.1 Å². The van der Waals surface area contributed by atoms with Gasteiger partial charge in [0, 0.05) is 15.9 Å². The van der Waals surface area contributed by atoms with Crippen LogP contribution < -0.4 is 4.74 Å². The van der Waals surface area contributed by atoms with Gasteiger partial charge in [-0.1, -0.05) is 53.0 Å². The van der Waals surface area contributed by atoms with Crippen molar-refractivity contribution in [2.45, 2.75) is 0 Å². The molecule has 0 saturated heterocycles. The van der Waals surface area contributed by atoms with Gasteiger partial charge in [-0.3, -0.25) is 0 Å². The summed E-state index contributed by atoms with van der Waals surface area (Å²) in [5, 5.41) is 1.64. The Morgan fingerprint density at radius 2 is 1.67 bits per heavy atom. The van der Waals surface area contributed by atoms with Gasteiger partial charge in [0.05, 0.1) is 10.0 Å². The molecular formula is C15H8Cl3NO2. The van der Waals surface area contributed by atoms with E-state index in [4.69, 9.17) is 39.5 Å². The molecule has 0 aliphatic carbocycles. The third-order valence-electron chi connectivity index (χ3n) is 2.91. The third kappa shape index (κ3) is 2.86. The number of benzene rings is 2. The zero-order valence-electron chi connectivity index (χ0n) is 10.5. The van der Waals surface area contributed by atoms with Crippen molar-refractivity contribution in [1.29, 1.82) is 0 Å². The number of esters is 1. The van der Waals surface area contributed by atoms with Crippen molar-refractivity contribution >= 4 is 51.7 Å². The molecule has 21 heavy (non-hydrogen) atoms. The molecule has 0 amide bonds. The molecule has 1 aromatic heterocycles. The molecule has 1 N–H and O–H groups in total. The molecule has 0 saturated carbocycles. The van der Waals surface area contributed by atoms with Crippen LogP contribution in [0.2, 0.25) is 15.1 Å². The number of halogens is 3. The molecule has 0 atom stereocenters. The lowest BCUT2D eigenvalue weighted by molar-refractivity contribution is 0.0730. The average Bonchev–Trinajstić information content (AvgIpc) is 2.86. The van der Waals surface area contributed by atoms with Gasteiger partial charge in [-0.05, 0) is 24.3 Å². The first-order chi connectivity index (χ1) is 10.0. The van der Waals surface area contributed by atoms with Gasteiger partial charge in [0.2, 0.25) is 0 Å². The quantitative estimate of drug-likeness (QED) is 0.505. The summed E-state index contributed by atoms with van der Waals surface area (Å²) in [5.41, 5.74) is 1.16. The van der Waals surface area contributed by atoms with Crippen molar-refractivity contribution in [3.63, 3.8) is 0 Å². The highest BCUT2D eigenvalue weighted by molar-refractivity contribution is 6.40. The highest BCUT2D eigenvalue weighted by Crippen LogP contribution is 2.36. The molecule has 3 rings (SSSR count). The highest BCUT2D eigenvalue weighted by Gasteiger charge is 2.17. The fraction of sp³-hybridized carbons (Fsp3) is 0. The highest BCUT2D eigenvalue weighted by atomic mass is 35.5. The Balaban J connectivity index is 1.93. The second-order valence-corrected chi connectivity index (χ2v) is 5.61. The molecule has 3 nitrogen and oxygen atoms in total. The molecule has 0 spiro atoms. The Hall–Kier alpha value is -1.68. The molecule has 0 radical (unpaired) electrons. The minimum Gasteiger partial charge on any atom is -0.419 e. The van der Waals surface area contributed by atoms with Gasteiger partial charge in [-0.25, -0.2) is 4.79 Å². The zero-order valence-corrected chi connectivity index (χ0v) is 12.8. The van der Waals surface area contributed by atoms with Gasteiger partial charge in [-0.2, -0.15) is 0 Å². The summed E-state index contributed by atoms with van der Waals surface area (Å²) in [6.07, 6.45) is 0. The molecule has 6 heteroatoms. The number of fused-ring (bicyclic) bond motifs is 1. The van der Waals surface area contributed by atoms with Gasteiger partial charge in [0.25, 0.3) is 0 Å². The maximum absolute atomic E-state index is 12.2. The fourth-order valence-corrected chi connectivity index (χ4v) is 2.85. The van der Waals surface area contributed by atoms with Crippen LogP contribution in [0.25, 0.3) is 10.9 Å². The van der Waals surface area contributed by atoms with E-state index in [2.05, 4.69) is 4.98 Å². The van der Waals surface area contributed by atoms with Crippen molar-refractivity contribution in [3.8, 4) is 5.75 Å². The average molecular weight is 341 g/mol. The van der Waals surface area contributed by atoms with Crippen molar-refractivity contribution < 1.29 is 9.53 Å². The first-order valence-corrected chi connectivity index (χ1v) is 7.12. The van der Waals surface area contributed by atoms with Gasteiger partial charge in [0.15, 0.2) is 5.75 Å². The van der Waals surface area contributed by atoms with Crippen LogP contribution in [-0.2, 0) is 0 Å². The van der Waals surface area contributed by atoms with E-state index >= 15 is 0 Å². The van der Waals surface area contributed by atoms with Crippen LogP contribution in [0.15, 0.2) is 42.5 Å². The van der Waals surface area contributed by atoms with Crippen molar-refractivity contribution in [2.24, 2.45) is 0 Å². The van der Waals surface area contributed by atoms with Crippen LogP contribution in [0.3, 0.4) is 0 Å². The molecule has 2 aromatic carbocycles. The van der Waals surface area contributed by atoms with Crippen LogP contribution >= 0.6 is 34.8 Å². The van der Waals surface area contributed by atoms with Gasteiger partial charge in [-0.15, -0.1) is 0 Å². The van der Waals surface area contributed by atoms with Gasteiger partial charge < -0.3 is 9.72 Å². The van der Waals surface area contributed by atoms with Crippen LogP contribution in [0.5, 0.6) is 5.75 Å². The van der Waals surface area contributed by atoms with E-state index in [1.807, 2.05) is 24.3 Å². The number of carbonyl (C=O) groups excluding carboxylic acids is 1. The summed E-state index contributed by atoms with van der Waals surface area (Å²) in [7, 11) is 0. The number of aromatic nitrogens is 1. The lowest BCUT2D eigenvalue weighted by atomic mass is 10.2. The van der Waals surface area contributed by atoms with E-state index in [9.17, 15) is 4.79 Å². The van der Waals surface area contributed by atoms with Crippen molar-refractivity contribution in [1.82, 2.24) is 4.98 Å². The summed E-state index contributed by atoms with van der Waals surface area (Å²) >= 11 is 17.8. The monoisotopic (exact) mass is 339 g/mol. The van der Waals surface area contributed by atoms with Crippen LogP contribution in [-0.4, -0.2) is 11.0 Å². The zero-order chi connectivity index (χ0) is 15.0. The molecule has 106 valence electrons.